The standard InChI is InChI=1S/C26H27NO5S/c1-25(2)20-13-15-26(25,16-14-20)17-33(30,31)32-27-23(28)21(18-9-5-3-6-10-18)22(24(27)29)19-11-7-4-8-12-19/h3-12,20H,13-17H2,1-2H3. The van der Waals surface area contributed by atoms with Crippen LogP contribution < -0.4 is 0 Å². The van der Waals surface area contributed by atoms with Crippen molar-refractivity contribution in [3.63, 3.8) is 0 Å². The topological polar surface area (TPSA) is 80.8 Å². The number of hydrogen-bond acceptors (Lipinski definition) is 5. The molecule has 2 aromatic rings. The molecule has 0 aromatic heterocycles. The first-order chi connectivity index (χ1) is 15.7. The first-order valence-electron chi connectivity index (χ1n) is 11.3. The molecular weight excluding hydrogens is 438 g/mol. The van der Waals surface area contributed by atoms with Gasteiger partial charge in [0.05, 0.1) is 16.9 Å². The minimum Gasteiger partial charge on any atom is -0.266 e. The van der Waals surface area contributed by atoms with Gasteiger partial charge in [-0.25, -0.2) is 0 Å². The van der Waals surface area contributed by atoms with Gasteiger partial charge in [0.15, 0.2) is 0 Å². The quantitative estimate of drug-likeness (QED) is 0.589. The van der Waals surface area contributed by atoms with Crippen LogP contribution in [0.3, 0.4) is 0 Å². The van der Waals surface area contributed by atoms with Crippen molar-refractivity contribution >= 4 is 33.1 Å². The van der Waals surface area contributed by atoms with Gasteiger partial charge in [0.2, 0.25) is 0 Å². The van der Waals surface area contributed by atoms with Crippen molar-refractivity contribution in [2.24, 2.45) is 16.7 Å². The zero-order chi connectivity index (χ0) is 23.4. The fraction of sp³-hybridized carbons (Fsp3) is 0.385. The molecule has 1 heterocycles. The van der Waals surface area contributed by atoms with Gasteiger partial charge in [0.1, 0.15) is 0 Å². The summed E-state index contributed by atoms with van der Waals surface area (Å²) in [5.41, 5.74) is 0.843. The zero-order valence-corrected chi connectivity index (χ0v) is 19.6. The molecule has 0 unspecified atom stereocenters. The van der Waals surface area contributed by atoms with Crippen molar-refractivity contribution in [1.29, 1.82) is 0 Å². The van der Waals surface area contributed by atoms with Crippen LogP contribution in [0.1, 0.15) is 50.7 Å². The molecule has 0 radical (unpaired) electrons. The summed E-state index contributed by atoms with van der Waals surface area (Å²) in [6.45, 7) is 4.25. The fourth-order valence-corrected chi connectivity index (χ4v) is 7.85. The number of benzene rings is 2. The van der Waals surface area contributed by atoms with Gasteiger partial charge in [0, 0.05) is 0 Å². The lowest BCUT2D eigenvalue weighted by Gasteiger charge is -2.37. The molecule has 33 heavy (non-hydrogen) atoms. The van der Waals surface area contributed by atoms with E-state index in [1.54, 1.807) is 48.5 Å². The summed E-state index contributed by atoms with van der Waals surface area (Å²) in [6.07, 6.45) is 3.64. The van der Waals surface area contributed by atoms with Crippen LogP contribution in [0.25, 0.3) is 11.1 Å². The normalized spacial score (nSPS) is 26.5. The van der Waals surface area contributed by atoms with Crippen LogP contribution >= 0.6 is 0 Å². The Hall–Kier alpha value is -2.77. The van der Waals surface area contributed by atoms with Gasteiger partial charge < -0.3 is 0 Å². The van der Waals surface area contributed by atoms with Gasteiger partial charge >= 0.3 is 0 Å². The van der Waals surface area contributed by atoms with Gasteiger partial charge in [-0.15, -0.1) is 9.35 Å². The SMILES string of the molecule is CC1(C)C2CCC1(CS(=O)(=O)ON1C(=O)C(c3ccccc3)=C(c3ccccc3)C1=O)CC2. The van der Waals surface area contributed by atoms with E-state index in [9.17, 15) is 18.0 Å². The fourth-order valence-electron chi connectivity index (χ4n) is 6.10. The molecule has 2 aliphatic carbocycles. The van der Waals surface area contributed by atoms with E-state index in [4.69, 9.17) is 4.28 Å². The number of carbonyl (C=O) groups excluding carboxylic acids is 2. The minimum atomic E-state index is -4.18. The van der Waals surface area contributed by atoms with Crippen LogP contribution in [-0.2, 0) is 24.0 Å². The lowest BCUT2D eigenvalue weighted by molar-refractivity contribution is -0.161. The molecule has 2 amide bonds. The maximum absolute atomic E-state index is 13.4. The van der Waals surface area contributed by atoms with E-state index in [0.29, 0.717) is 22.1 Å². The van der Waals surface area contributed by atoms with Crippen molar-refractivity contribution < 1.29 is 22.3 Å². The molecule has 0 spiro atoms. The number of hydroxylamine groups is 2. The van der Waals surface area contributed by atoms with Gasteiger partial charge in [0.25, 0.3) is 21.9 Å². The van der Waals surface area contributed by atoms with Crippen molar-refractivity contribution in [1.82, 2.24) is 5.06 Å². The Morgan fingerprint density at radius 2 is 1.30 bits per heavy atom. The summed E-state index contributed by atoms with van der Waals surface area (Å²) in [6, 6.07) is 17.6. The molecule has 2 bridgehead atoms. The highest BCUT2D eigenvalue weighted by atomic mass is 32.2. The second kappa shape index (κ2) is 7.64. The predicted octanol–water partition coefficient (Wildman–Crippen LogP) is 4.44. The third-order valence-electron chi connectivity index (χ3n) is 8.14. The monoisotopic (exact) mass is 465 g/mol. The Morgan fingerprint density at radius 1 is 0.848 bits per heavy atom. The Labute approximate surface area is 194 Å². The van der Waals surface area contributed by atoms with Gasteiger partial charge in [-0.3, -0.25) is 9.59 Å². The lowest BCUT2D eigenvalue weighted by atomic mass is 9.71. The molecule has 6 nitrogen and oxygen atoms in total. The van der Waals surface area contributed by atoms with Gasteiger partial charge in [-0.2, -0.15) is 8.42 Å². The van der Waals surface area contributed by atoms with Crippen LogP contribution in [0.15, 0.2) is 60.7 Å². The molecule has 2 aromatic carbocycles. The van der Waals surface area contributed by atoms with Crippen LogP contribution in [0.2, 0.25) is 0 Å². The lowest BCUT2D eigenvalue weighted by Crippen LogP contribution is -2.41. The first kappa shape index (κ1) is 22.0. The molecular formula is C26H27NO5S. The maximum Gasteiger partial charge on any atom is 0.289 e. The van der Waals surface area contributed by atoms with E-state index < -0.39 is 21.9 Å². The predicted molar refractivity (Wildman–Crippen MR) is 125 cm³/mol. The van der Waals surface area contributed by atoms with E-state index >= 15 is 0 Å². The number of carbonyl (C=O) groups is 2. The second-order valence-electron chi connectivity index (χ2n) is 9.94. The third kappa shape index (κ3) is 3.45. The zero-order valence-electron chi connectivity index (χ0n) is 18.8. The van der Waals surface area contributed by atoms with Crippen LogP contribution in [-0.4, -0.2) is 31.0 Å². The molecule has 7 heteroatoms. The molecule has 172 valence electrons. The molecule has 5 rings (SSSR count). The molecule has 0 N–H and O–H groups in total. The van der Waals surface area contributed by atoms with Crippen LogP contribution in [0.5, 0.6) is 0 Å². The van der Waals surface area contributed by atoms with Crippen molar-refractivity contribution in [2.75, 3.05) is 5.75 Å². The van der Waals surface area contributed by atoms with E-state index in [1.165, 1.54) is 0 Å². The minimum absolute atomic E-state index is 0.120. The second-order valence-corrected chi connectivity index (χ2v) is 11.5. The number of fused-ring (bicyclic) bond motifs is 2. The third-order valence-corrected chi connectivity index (χ3v) is 9.43. The van der Waals surface area contributed by atoms with Crippen molar-refractivity contribution in [3.8, 4) is 0 Å². The molecule has 0 atom stereocenters. The summed E-state index contributed by atoms with van der Waals surface area (Å²) >= 11 is 0. The molecule has 2 saturated carbocycles. The van der Waals surface area contributed by atoms with Crippen LogP contribution in [0, 0.1) is 16.7 Å². The first-order valence-corrected chi connectivity index (χ1v) is 12.9. The number of imide groups is 1. The summed E-state index contributed by atoms with van der Waals surface area (Å²) in [5, 5.41) is 0.436. The average molecular weight is 466 g/mol. The highest BCUT2D eigenvalue weighted by molar-refractivity contribution is 7.86. The Bertz CT molecular complexity index is 1180. The molecule has 0 saturated heterocycles. The number of nitrogens with zero attached hydrogens (tertiary/aromatic N) is 1. The van der Waals surface area contributed by atoms with E-state index in [2.05, 4.69) is 13.8 Å². The summed E-state index contributed by atoms with van der Waals surface area (Å²) < 4.78 is 31.7. The number of rotatable bonds is 6. The largest absolute Gasteiger partial charge is 0.289 e. The van der Waals surface area contributed by atoms with Crippen molar-refractivity contribution in [3.05, 3.63) is 71.8 Å². The molecule has 2 fully saturated rings. The Balaban J connectivity index is 1.48. The number of hydrogen-bond donors (Lipinski definition) is 0. The van der Waals surface area contributed by atoms with Gasteiger partial charge in [-0.1, -0.05) is 74.5 Å². The highest BCUT2D eigenvalue weighted by Crippen LogP contribution is 2.66. The Morgan fingerprint density at radius 3 is 1.70 bits per heavy atom. The molecule has 1 aliphatic heterocycles. The highest BCUT2D eigenvalue weighted by Gasteiger charge is 2.60. The average Bonchev–Trinajstić information content (AvgIpc) is 3.28. The van der Waals surface area contributed by atoms with Gasteiger partial charge in [-0.05, 0) is 53.6 Å². The molecule has 3 aliphatic rings. The summed E-state index contributed by atoms with van der Waals surface area (Å²) in [7, 11) is -4.18. The van der Waals surface area contributed by atoms with E-state index in [0.717, 1.165) is 25.7 Å². The van der Waals surface area contributed by atoms with E-state index in [1.807, 2.05) is 12.1 Å². The number of amides is 2. The Kier molecular flexibility index (Phi) is 5.10. The van der Waals surface area contributed by atoms with E-state index in [-0.39, 0.29) is 27.7 Å². The maximum atomic E-state index is 13.4. The smallest absolute Gasteiger partial charge is 0.266 e. The summed E-state index contributed by atoms with van der Waals surface area (Å²) in [4.78, 5) is 26.7. The van der Waals surface area contributed by atoms with Crippen molar-refractivity contribution in [2.45, 2.75) is 39.5 Å². The van der Waals surface area contributed by atoms with Crippen LogP contribution in [0.4, 0.5) is 0 Å². The summed E-state index contributed by atoms with van der Waals surface area (Å²) in [5.74, 6) is -1.22.